The largest absolute Gasteiger partial charge is 0.481 e. The predicted molar refractivity (Wildman–Crippen MR) is 149 cm³/mol. The SMILES string of the molecule is CNC(C)(NC)[C@](O)(COc1cc(C(=O)N[C@@H](CC(=O)O)c2ccc(Cl)cc2Cl)nn1-c1ccccc1)NC. The normalized spacial score (nSPS) is 13.9. The van der Waals surface area contributed by atoms with Crippen LogP contribution in [0.2, 0.25) is 10.0 Å². The molecule has 0 aliphatic carbocycles. The molecule has 3 rings (SSSR count). The first-order valence-electron chi connectivity index (χ1n) is 12.0. The molecule has 0 fully saturated rings. The molecule has 1 aromatic heterocycles. The number of nitrogens with zero attached hydrogens (tertiary/aromatic N) is 2. The number of aliphatic carboxylic acids is 1. The van der Waals surface area contributed by atoms with E-state index in [1.807, 2.05) is 6.07 Å². The molecule has 0 saturated heterocycles. The van der Waals surface area contributed by atoms with Crippen molar-refractivity contribution in [1.82, 2.24) is 31.0 Å². The summed E-state index contributed by atoms with van der Waals surface area (Å²) in [5.74, 6) is -1.60. The summed E-state index contributed by atoms with van der Waals surface area (Å²) in [6.07, 6.45) is -0.419. The maximum absolute atomic E-state index is 13.3. The first kappa shape index (κ1) is 30.4. The van der Waals surface area contributed by atoms with Crippen molar-refractivity contribution in [3.8, 4) is 11.6 Å². The minimum absolute atomic E-state index is 0.0349. The van der Waals surface area contributed by atoms with Crippen LogP contribution < -0.4 is 26.0 Å². The molecule has 0 spiro atoms. The fraction of sp³-hybridized carbons (Fsp3) is 0.346. The molecule has 0 saturated carbocycles. The number of carbonyl (C=O) groups is 2. The Balaban J connectivity index is 1.96. The second-order valence-electron chi connectivity index (χ2n) is 8.93. The highest BCUT2D eigenvalue weighted by molar-refractivity contribution is 6.35. The van der Waals surface area contributed by atoms with Crippen LogP contribution in [0.15, 0.2) is 54.6 Å². The molecule has 0 aliphatic rings. The molecule has 39 heavy (non-hydrogen) atoms. The number of halogens is 2. The van der Waals surface area contributed by atoms with Crippen molar-refractivity contribution in [2.75, 3.05) is 27.7 Å². The number of para-hydroxylation sites is 1. The van der Waals surface area contributed by atoms with Gasteiger partial charge >= 0.3 is 5.97 Å². The molecule has 3 aromatic rings. The summed E-state index contributed by atoms with van der Waals surface area (Å²) >= 11 is 12.3. The molecule has 2 atom stereocenters. The van der Waals surface area contributed by atoms with Gasteiger partial charge in [0.05, 0.1) is 18.2 Å². The van der Waals surface area contributed by atoms with Crippen molar-refractivity contribution >= 4 is 35.1 Å². The third kappa shape index (κ3) is 6.88. The number of aromatic nitrogens is 2. The lowest BCUT2D eigenvalue weighted by molar-refractivity contribution is -0.137. The van der Waals surface area contributed by atoms with Gasteiger partial charge in [-0.05, 0) is 57.9 Å². The number of hydrogen-bond donors (Lipinski definition) is 6. The van der Waals surface area contributed by atoms with Gasteiger partial charge in [-0.15, -0.1) is 0 Å². The van der Waals surface area contributed by atoms with E-state index in [0.29, 0.717) is 16.3 Å². The van der Waals surface area contributed by atoms with Crippen LogP contribution in [0.3, 0.4) is 0 Å². The Morgan fingerprint density at radius 2 is 1.72 bits per heavy atom. The fourth-order valence-electron chi connectivity index (χ4n) is 3.95. The molecule has 11 nitrogen and oxygen atoms in total. The van der Waals surface area contributed by atoms with Crippen molar-refractivity contribution in [2.24, 2.45) is 0 Å². The number of aliphatic hydroxyl groups is 1. The number of amides is 1. The number of carboxylic acid groups (broad SMARTS) is 1. The van der Waals surface area contributed by atoms with E-state index < -0.39 is 35.7 Å². The molecular formula is C26H32Cl2N6O5. The molecule has 0 unspecified atom stereocenters. The van der Waals surface area contributed by atoms with Gasteiger partial charge in [0.1, 0.15) is 12.3 Å². The summed E-state index contributed by atoms with van der Waals surface area (Å²) in [4.78, 5) is 24.9. The lowest BCUT2D eigenvalue weighted by Crippen LogP contribution is -2.74. The summed E-state index contributed by atoms with van der Waals surface area (Å²) in [6.45, 7) is 1.52. The lowest BCUT2D eigenvalue weighted by Gasteiger charge is -2.44. The van der Waals surface area contributed by atoms with Crippen LogP contribution in [0.5, 0.6) is 5.88 Å². The van der Waals surface area contributed by atoms with Crippen LogP contribution in [-0.2, 0) is 4.79 Å². The van der Waals surface area contributed by atoms with Gasteiger partial charge < -0.3 is 20.3 Å². The van der Waals surface area contributed by atoms with E-state index in [1.54, 1.807) is 64.5 Å². The second-order valence-corrected chi connectivity index (χ2v) is 9.77. The number of carbonyl (C=O) groups excluding carboxylic acids is 1. The molecule has 1 amide bonds. The maximum atomic E-state index is 13.3. The van der Waals surface area contributed by atoms with E-state index in [0.717, 1.165) is 0 Å². The van der Waals surface area contributed by atoms with Gasteiger partial charge in [0.25, 0.3) is 5.91 Å². The summed E-state index contributed by atoms with van der Waals surface area (Å²) in [5.41, 5.74) is -1.60. The molecule has 210 valence electrons. The smallest absolute Gasteiger partial charge is 0.305 e. The van der Waals surface area contributed by atoms with Gasteiger partial charge in [-0.1, -0.05) is 47.5 Å². The maximum Gasteiger partial charge on any atom is 0.305 e. The Morgan fingerprint density at radius 1 is 1.05 bits per heavy atom. The number of ether oxygens (including phenoxy) is 1. The summed E-state index contributed by atoms with van der Waals surface area (Å²) < 4.78 is 7.43. The number of likely N-dealkylation sites (N-methyl/N-ethyl adjacent to an activating group) is 3. The average Bonchev–Trinajstić information content (AvgIpc) is 3.35. The van der Waals surface area contributed by atoms with Crippen molar-refractivity contribution in [3.63, 3.8) is 0 Å². The Kier molecular flexibility index (Phi) is 9.94. The summed E-state index contributed by atoms with van der Waals surface area (Å²) in [5, 5.41) is 37.4. The molecular weight excluding hydrogens is 547 g/mol. The fourth-order valence-corrected chi connectivity index (χ4v) is 4.49. The van der Waals surface area contributed by atoms with E-state index in [9.17, 15) is 19.8 Å². The lowest BCUT2D eigenvalue weighted by atomic mass is 9.98. The predicted octanol–water partition coefficient (Wildman–Crippen LogP) is 2.57. The van der Waals surface area contributed by atoms with Crippen LogP contribution in [0.25, 0.3) is 5.69 Å². The number of hydrogen-bond acceptors (Lipinski definition) is 8. The zero-order valence-electron chi connectivity index (χ0n) is 22.0. The van der Waals surface area contributed by atoms with Crippen molar-refractivity contribution in [1.29, 1.82) is 0 Å². The van der Waals surface area contributed by atoms with Gasteiger partial charge in [0.15, 0.2) is 11.4 Å². The monoisotopic (exact) mass is 578 g/mol. The van der Waals surface area contributed by atoms with E-state index >= 15 is 0 Å². The third-order valence-corrected chi connectivity index (χ3v) is 7.16. The second kappa shape index (κ2) is 12.8. The zero-order chi connectivity index (χ0) is 28.8. The Hall–Kier alpha value is -3.19. The third-order valence-electron chi connectivity index (χ3n) is 6.60. The summed E-state index contributed by atoms with van der Waals surface area (Å²) in [7, 11) is 4.97. The van der Waals surface area contributed by atoms with Gasteiger partial charge in [0, 0.05) is 16.1 Å². The molecule has 1 heterocycles. The van der Waals surface area contributed by atoms with Crippen LogP contribution in [0.4, 0.5) is 0 Å². The topological polar surface area (TPSA) is 150 Å². The minimum atomic E-state index is -1.58. The van der Waals surface area contributed by atoms with Gasteiger partial charge in [0.2, 0.25) is 5.88 Å². The van der Waals surface area contributed by atoms with Crippen LogP contribution in [0, 0.1) is 0 Å². The van der Waals surface area contributed by atoms with E-state index in [4.69, 9.17) is 27.9 Å². The molecule has 0 bridgehead atoms. The number of rotatable bonds is 13. The quantitative estimate of drug-likeness (QED) is 0.168. The highest BCUT2D eigenvalue weighted by Crippen LogP contribution is 2.29. The standard InChI is InChI=1S/C26H32Cl2N6O5/c1-25(29-2,30-3)26(38,31-4)15-39-22-13-21(33-34(22)17-8-6-5-7-9-17)24(37)32-20(14-23(35)36)18-11-10-16(27)12-19(18)28/h5-13,20,29-31,38H,14-15H2,1-4H3,(H,32,37)(H,35,36)/t20-,26+/m0/s1. The van der Waals surface area contributed by atoms with E-state index in [-0.39, 0.29) is 23.2 Å². The van der Waals surface area contributed by atoms with Gasteiger partial charge in [-0.3, -0.25) is 25.5 Å². The Bertz CT molecular complexity index is 1300. The van der Waals surface area contributed by atoms with Gasteiger partial charge in [-0.2, -0.15) is 5.10 Å². The Morgan fingerprint density at radius 3 is 2.28 bits per heavy atom. The minimum Gasteiger partial charge on any atom is -0.481 e. The number of nitrogens with one attached hydrogen (secondary N) is 4. The zero-order valence-corrected chi connectivity index (χ0v) is 23.5. The summed E-state index contributed by atoms with van der Waals surface area (Å²) in [6, 6.07) is 14.0. The average molecular weight is 579 g/mol. The van der Waals surface area contributed by atoms with Crippen LogP contribution in [0.1, 0.15) is 35.4 Å². The molecule has 2 aromatic carbocycles. The number of carboxylic acids is 1. The first-order valence-corrected chi connectivity index (χ1v) is 12.8. The first-order chi connectivity index (χ1) is 18.5. The highest BCUT2D eigenvalue weighted by atomic mass is 35.5. The van der Waals surface area contributed by atoms with E-state index in [2.05, 4.69) is 26.4 Å². The molecule has 13 heteroatoms. The van der Waals surface area contributed by atoms with Crippen molar-refractivity contribution in [2.45, 2.75) is 30.8 Å². The molecule has 0 radical (unpaired) electrons. The van der Waals surface area contributed by atoms with E-state index in [1.165, 1.54) is 16.8 Å². The van der Waals surface area contributed by atoms with Crippen LogP contribution >= 0.6 is 23.2 Å². The van der Waals surface area contributed by atoms with Crippen molar-refractivity contribution in [3.05, 3.63) is 75.9 Å². The van der Waals surface area contributed by atoms with Crippen LogP contribution in [-0.4, -0.2) is 71.0 Å². The number of benzene rings is 2. The molecule has 0 aliphatic heterocycles. The van der Waals surface area contributed by atoms with Crippen molar-refractivity contribution < 1.29 is 24.5 Å². The Labute approximate surface area is 236 Å². The van der Waals surface area contributed by atoms with Gasteiger partial charge in [-0.25, -0.2) is 4.68 Å². The molecule has 6 N–H and O–H groups in total. The highest BCUT2D eigenvalue weighted by Gasteiger charge is 2.45.